The fourth-order valence-electron chi connectivity index (χ4n) is 1.89. The van der Waals surface area contributed by atoms with E-state index >= 15 is 0 Å². The molecule has 2 N–H and O–H groups in total. The number of hydrogen-bond acceptors (Lipinski definition) is 5. The molecule has 0 fully saturated rings. The summed E-state index contributed by atoms with van der Waals surface area (Å²) in [5.74, 6) is -0.889. The van der Waals surface area contributed by atoms with Crippen LogP contribution in [0.25, 0.3) is 0 Å². The number of amides is 2. The van der Waals surface area contributed by atoms with Crippen LogP contribution in [0.2, 0.25) is 10.0 Å². The molecule has 2 aromatic rings. The third-order valence-electron chi connectivity index (χ3n) is 3.16. The second-order valence-electron chi connectivity index (χ2n) is 5.19. The summed E-state index contributed by atoms with van der Waals surface area (Å²) < 4.78 is 9.89. The molecule has 7 nitrogen and oxygen atoms in total. The lowest BCUT2D eigenvalue weighted by molar-refractivity contribution is -0.148. The third kappa shape index (κ3) is 6.78. The minimum absolute atomic E-state index is 0.0477. The molecule has 0 aliphatic carbocycles. The van der Waals surface area contributed by atoms with Gasteiger partial charge in [-0.2, -0.15) is 0 Å². The molecule has 0 atom stereocenters. The van der Waals surface area contributed by atoms with E-state index in [0.717, 1.165) is 0 Å². The summed E-state index contributed by atoms with van der Waals surface area (Å²) in [5, 5.41) is 5.78. The molecular formula is C17H16Cl2N2O5. The van der Waals surface area contributed by atoms with Crippen molar-refractivity contribution in [1.29, 1.82) is 0 Å². The number of rotatable bonds is 8. The molecule has 26 heavy (non-hydrogen) atoms. The molecule has 0 bridgehead atoms. The second-order valence-corrected chi connectivity index (χ2v) is 6.01. The topological polar surface area (TPSA) is 97.6 Å². The van der Waals surface area contributed by atoms with E-state index in [-0.39, 0.29) is 25.3 Å². The van der Waals surface area contributed by atoms with Gasteiger partial charge in [-0.05, 0) is 30.3 Å². The minimum Gasteiger partial charge on any atom is -0.467 e. The van der Waals surface area contributed by atoms with Gasteiger partial charge >= 0.3 is 5.97 Å². The Hall–Kier alpha value is -2.51. The van der Waals surface area contributed by atoms with Crippen LogP contribution in [-0.4, -0.2) is 24.4 Å². The predicted octanol–water partition coefficient (Wildman–Crippen LogP) is 3.16. The average molecular weight is 399 g/mol. The number of anilines is 1. The lowest BCUT2D eigenvalue weighted by Gasteiger charge is -2.07. The van der Waals surface area contributed by atoms with Gasteiger partial charge in [0.15, 0.2) is 6.61 Å². The Morgan fingerprint density at radius 1 is 1.04 bits per heavy atom. The molecular weight excluding hydrogens is 383 g/mol. The molecule has 0 spiro atoms. The van der Waals surface area contributed by atoms with Crippen molar-refractivity contribution in [2.24, 2.45) is 0 Å². The van der Waals surface area contributed by atoms with Crippen molar-refractivity contribution in [3.63, 3.8) is 0 Å². The van der Waals surface area contributed by atoms with Gasteiger partial charge in [0.2, 0.25) is 5.91 Å². The maximum absolute atomic E-state index is 11.7. The van der Waals surface area contributed by atoms with Gasteiger partial charge in [-0.3, -0.25) is 14.4 Å². The SMILES string of the molecule is O=C(CCC(=O)OCC(=O)Nc1ccc(Cl)c(Cl)c1)NCc1ccco1. The van der Waals surface area contributed by atoms with Crippen LogP contribution in [-0.2, 0) is 25.7 Å². The molecule has 0 aliphatic rings. The number of carbonyl (C=O) groups is 3. The summed E-state index contributed by atoms with van der Waals surface area (Å²) in [6.07, 6.45) is 1.32. The van der Waals surface area contributed by atoms with Crippen LogP contribution in [0.15, 0.2) is 41.0 Å². The highest BCUT2D eigenvalue weighted by molar-refractivity contribution is 6.42. The van der Waals surface area contributed by atoms with Crippen molar-refractivity contribution in [3.05, 3.63) is 52.4 Å². The monoisotopic (exact) mass is 398 g/mol. The number of carbonyl (C=O) groups excluding carboxylic acids is 3. The van der Waals surface area contributed by atoms with Crippen LogP contribution >= 0.6 is 23.2 Å². The standard InChI is InChI=1S/C17H16Cl2N2O5/c18-13-4-3-11(8-14(13)19)21-16(23)10-26-17(24)6-5-15(22)20-9-12-2-1-7-25-12/h1-4,7-8H,5-6,9-10H2,(H,20,22)(H,21,23). The van der Waals surface area contributed by atoms with E-state index in [0.29, 0.717) is 21.5 Å². The van der Waals surface area contributed by atoms with Crippen molar-refractivity contribution in [1.82, 2.24) is 5.32 Å². The first-order valence-electron chi connectivity index (χ1n) is 7.63. The third-order valence-corrected chi connectivity index (χ3v) is 3.90. The fourth-order valence-corrected chi connectivity index (χ4v) is 2.19. The maximum Gasteiger partial charge on any atom is 0.306 e. The summed E-state index contributed by atoms with van der Waals surface area (Å²) in [6, 6.07) is 8.01. The van der Waals surface area contributed by atoms with Gasteiger partial charge in [-0.15, -0.1) is 0 Å². The zero-order chi connectivity index (χ0) is 18.9. The van der Waals surface area contributed by atoms with Crippen LogP contribution in [0.1, 0.15) is 18.6 Å². The molecule has 2 rings (SSSR count). The molecule has 1 aromatic carbocycles. The molecule has 0 saturated heterocycles. The average Bonchev–Trinajstić information content (AvgIpc) is 3.13. The number of halogens is 2. The minimum atomic E-state index is -0.651. The zero-order valence-corrected chi connectivity index (χ0v) is 15.1. The molecule has 2 amide bonds. The van der Waals surface area contributed by atoms with Crippen molar-refractivity contribution in [2.75, 3.05) is 11.9 Å². The van der Waals surface area contributed by atoms with E-state index in [9.17, 15) is 14.4 Å². The number of esters is 1. The van der Waals surface area contributed by atoms with E-state index in [1.807, 2.05) is 0 Å². The lowest BCUT2D eigenvalue weighted by atomic mass is 10.3. The number of furan rings is 1. The van der Waals surface area contributed by atoms with E-state index in [2.05, 4.69) is 10.6 Å². The Balaban J connectivity index is 1.63. The van der Waals surface area contributed by atoms with Crippen molar-refractivity contribution >= 4 is 46.7 Å². The summed E-state index contributed by atoms with van der Waals surface area (Å²) in [4.78, 5) is 34.9. The van der Waals surface area contributed by atoms with Gasteiger partial charge in [0.1, 0.15) is 5.76 Å². The lowest BCUT2D eigenvalue weighted by Crippen LogP contribution is -2.24. The van der Waals surface area contributed by atoms with E-state index in [4.69, 9.17) is 32.4 Å². The van der Waals surface area contributed by atoms with Gasteiger partial charge < -0.3 is 19.8 Å². The molecule has 138 valence electrons. The highest BCUT2D eigenvalue weighted by Crippen LogP contribution is 2.24. The predicted molar refractivity (Wildman–Crippen MR) is 95.8 cm³/mol. The summed E-state index contributed by atoms with van der Waals surface area (Å²) in [6.45, 7) is -0.222. The van der Waals surface area contributed by atoms with Gasteiger partial charge in [0.25, 0.3) is 5.91 Å². The van der Waals surface area contributed by atoms with Gasteiger partial charge in [-0.25, -0.2) is 0 Å². The molecule has 0 saturated carbocycles. The Kier molecular flexibility index (Phi) is 7.50. The van der Waals surface area contributed by atoms with Crippen LogP contribution in [0.5, 0.6) is 0 Å². The summed E-state index contributed by atoms with van der Waals surface area (Å²) >= 11 is 11.6. The van der Waals surface area contributed by atoms with E-state index < -0.39 is 18.5 Å². The van der Waals surface area contributed by atoms with Crippen molar-refractivity contribution in [3.8, 4) is 0 Å². The summed E-state index contributed by atoms with van der Waals surface area (Å²) in [7, 11) is 0. The van der Waals surface area contributed by atoms with Crippen molar-refractivity contribution < 1.29 is 23.5 Å². The van der Waals surface area contributed by atoms with Crippen molar-refractivity contribution in [2.45, 2.75) is 19.4 Å². The molecule has 1 aromatic heterocycles. The van der Waals surface area contributed by atoms with Crippen LogP contribution in [0, 0.1) is 0 Å². The van der Waals surface area contributed by atoms with Gasteiger partial charge in [0.05, 0.1) is 29.3 Å². The Morgan fingerprint density at radius 2 is 1.85 bits per heavy atom. The highest BCUT2D eigenvalue weighted by Gasteiger charge is 2.11. The fraction of sp³-hybridized carbons (Fsp3) is 0.235. The largest absolute Gasteiger partial charge is 0.467 e. The normalized spacial score (nSPS) is 10.2. The molecule has 0 unspecified atom stereocenters. The van der Waals surface area contributed by atoms with Crippen LogP contribution < -0.4 is 10.6 Å². The van der Waals surface area contributed by atoms with Crippen LogP contribution in [0.3, 0.4) is 0 Å². The molecule has 9 heteroatoms. The first-order chi connectivity index (χ1) is 12.4. The number of nitrogens with one attached hydrogen (secondary N) is 2. The van der Waals surface area contributed by atoms with Crippen LogP contribution in [0.4, 0.5) is 5.69 Å². The Bertz CT molecular complexity index is 777. The second kappa shape index (κ2) is 9.84. The molecule has 0 radical (unpaired) electrons. The summed E-state index contributed by atoms with van der Waals surface area (Å²) in [5.41, 5.74) is 0.428. The number of ether oxygens (including phenoxy) is 1. The number of benzene rings is 1. The first kappa shape index (κ1) is 19.8. The Labute approximate surface area is 159 Å². The quantitative estimate of drug-likeness (QED) is 0.665. The van der Waals surface area contributed by atoms with Gasteiger partial charge in [0, 0.05) is 12.1 Å². The molecule has 1 heterocycles. The smallest absolute Gasteiger partial charge is 0.306 e. The zero-order valence-electron chi connectivity index (χ0n) is 13.6. The highest BCUT2D eigenvalue weighted by atomic mass is 35.5. The maximum atomic E-state index is 11.7. The van der Waals surface area contributed by atoms with E-state index in [1.165, 1.54) is 18.4 Å². The van der Waals surface area contributed by atoms with E-state index in [1.54, 1.807) is 18.2 Å². The first-order valence-corrected chi connectivity index (χ1v) is 8.39. The number of hydrogen-bond donors (Lipinski definition) is 2. The molecule has 0 aliphatic heterocycles. The van der Waals surface area contributed by atoms with Gasteiger partial charge in [-0.1, -0.05) is 23.2 Å². The Morgan fingerprint density at radius 3 is 2.54 bits per heavy atom.